The fourth-order valence-corrected chi connectivity index (χ4v) is 3.96. The van der Waals surface area contributed by atoms with Crippen LogP contribution >= 0.6 is 23.5 Å². The molecule has 3 rings (SSSR count). The van der Waals surface area contributed by atoms with Crippen molar-refractivity contribution >= 4 is 55.4 Å². The van der Waals surface area contributed by atoms with Crippen LogP contribution in [0.5, 0.6) is 0 Å². The average molecular weight is 355 g/mol. The van der Waals surface area contributed by atoms with E-state index in [1.165, 1.54) is 56.2 Å². The maximum absolute atomic E-state index is 7.47. The van der Waals surface area contributed by atoms with Gasteiger partial charge in [0.2, 0.25) is 0 Å². The molecule has 6 N–H and O–H groups in total. The molecule has 122 valence electrons. The Labute approximate surface area is 149 Å². The number of thioether (sulfide) groups is 2. The third-order valence-corrected chi connectivity index (χ3v) is 5.36. The summed E-state index contributed by atoms with van der Waals surface area (Å²) in [7, 11) is 0. The molecule has 0 atom stereocenters. The van der Waals surface area contributed by atoms with Crippen LogP contribution in [0.4, 0.5) is 0 Å². The first kappa shape index (κ1) is 16.7. The molecule has 0 saturated carbocycles. The number of hydrogen-bond donors (Lipinski definition) is 4. The highest BCUT2D eigenvalue weighted by Crippen LogP contribution is 2.34. The summed E-state index contributed by atoms with van der Waals surface area (Å²) in [6.07, 6.45) is 0. The fraction of sp³-hybridized carbons (Fsp3) is 0.111. The summed E-state index contributed by atoms with van der Waals surface area (Å²) in [5, 5.41) is 19.9. The van der Waals surface area contributed by atoms with Crippen molar-refractivity contribution in [3.8, 4) is 0 Å². The van der Waals surface area contributed by atoms with Gasteiger partial charge in [0.15, 0.2) is 10.3 Å². The fourth-order valence-electron chi connectivity index (χ4n) is 2.86. The van der Waals surface area contributed by atoms with E-state index in [1.807, 2.05) is 12.1 Å². The van der Waals surface area contributed by atoms with Crippen LogP contribution in [0.15, 0.2) is 48.5 Å². The van der Waals surface area contributed by atoms with Gasteiger partial charge in [-0.3, -0.25) is 10.8 Å². The van der Waals surface area contributed by atoms with E-state index in [-0.39, 0.29) is 10.3 Å². The van der Waals surface area contributed by atoms with Gasteiger partial charge in [0.05, 0.1) is 0 Å². The van der Waals surface area contributed by atoms with Crippen LogP contribution < -0.4 is 11.5 Å². The summed E-state index contributed by atoms with van der Waals surface area (Å²) in [5.74, 6) is 1.33. The van der Waals surface area contributed by atoms with Gasteiger partial charge in [-0.15, -0.1) is 0 Å². The summed E-state index contributed by atoms with van der Waals surface area (Å²) >= 11 is 2.67. The summed E-state index contributed by atoms with van der Waals surface area (Å²) in [5.41, 5.74) is 13.4. The summed E-state index contributed by atoms with van der Waals surface area (Å²) < 4.78 is 0. The van der Waals surface area contributed by atoms with Crippen molar-refractivity contribution < 1.29 is 0 Å². The number of nitrogens with two attached hydrogens (primary N) is 2. The molecule has 0 heterocycles. The smallest absolute Gasteiger partial charge is 0.151 e. The van der Waals surface area contributed by atoms with Gasteiger partial charge in [0.25, 0.3) is 0 Å². The Morgan fingerprint density at radius 3 is 1.50 bits per heavy atom. The molecular weight excluding hydrogens is 336 g/mol. The minimum Gasteiger partial charge on any atom is -0.379 e. The van der Waals surface area contributed by atoms with Crippen molar-refractivity contribution in [2.24, 2.45) is 11.5 Å². The molecule has 4 nitrogen and oxygen atoms in total. The summed E-state index contributed by atoms with van der Waals surface area (Å²) in [6.45, 7) is 0. The molecule has 0 unspecified atom stereocenters. The van der Waals surface area contributed by atoms with Gasteiger partial charge in [-0.05, 0) is 32.7 Å². The molecule has 3 aromatic rings. The molecule has 0 amide bonds. The van der Waals surface area contributed by atoms with Gasteiger partial charge < -0.3 is 11.5 Å². The molecule has 0 radical (unpaired) electrons. The largest absolute Gasteiger partial charge is 0.379 e. The van der Waals surface area contributed by atoms with Crippen LogP contribution in [-0.2, 0) is 11.5 Å². The van der Waals surface area contributed by atoms with Crippen LogP contribution in [0.25, 0.3) is 21.5 Å². The third kappa shape index (κ3) is 3.49. The topological polar surface area (TPSA) is 99.7 Å². The van der Waals surface area contributed by atoms with Crippen molar-refractivity contribution in [1.29, 1.82) is 10.8 Å². The number of hydrogen-bond acceptors (Lipinski definition) is 4. The number of fused-ring (bicyclic) bond motifs is 3. The molecule has 0 aliphatic rings. The minimum atomic E-state index is 0.125. The highest BCUT2D eigenvalue weighted by molar-refractivity contribution is 8.13. The monoisotopic (exact) mass is 354 g/mol. The molecule has 6 heteroatoms. The van der Waals surface area contributed by atoms with Gasteiger partial charge >= 0.3 is 0 Å². The molecule has 3 aromatic carbocycles. The maximum atomic E-state index is 7.47. The standard InChI is InChI=1S/C18H18N4S2/c19-17(20)23-9-13-5-1-3-11-7-8-12-4-2-6-14(10-24-18(21)22)16(12)15(11)13/h1-8H,9-10H2,(H3,19,20)(H3,21,22). The molecule has 0 aromatic heterocycles. The van der Waals surface area contributed by atoms with Crippen molar-refractivity contribution in [3.05, 3.63) is 59.7 Å². The van der Waals surface area contributed by atoms with Crippen molar-refractivity contribution in [3.63, 3.8) is 0 Å². The Bertz CT molecular complexity index is 860. The van der Waals surface area contributed by atoms with E-state index in [9.17, 15) is 0 Å². The van der Waals surface area contributed by atoms with E-state index in [0.717, 1.165) is 0 Å². The third-order valence-electron chi connectivity index (χ3n) is 3.82. The van der Waals surface area contributed by atoms with E-state index >= 15 is 0 Å². The first-order valence-electron chi connectivity index (χ1n) is 7.42. The second-order valence-corrected chi connectivity index (χ2v) is 7.44. The van der Waals surface area contributed by atoms with Gasteiger partial charge in [0, 0.05) is 11.5 Å². The van der Waals surface area contributed by atoms with Gasteiger partial charge in [-0.2, -0.15) is 0 Å². The molecule has 0 aliphatic carbocycles. The van der Waals surface area contributed by atoms with E-state index < -0.39 is 0 Å². The molecule has 0 saturated heterocycles. The number of benzene rings is 3. The first-order chi connectivity index (χ1) is 11.6. The number of amidine groups is 2. The average Bonchev–Trinajstić information content (AvgIpc) is 2.57. The predicted molar refractivity (Wildman–Crippen MR) is 108 cm³/mol. The molecule has 0 spiro atoms. The zero-order chi connectivity index (χ0) is 17.1. The molecular formula is C18H18N4S2. The highest BCUT2D eigenvalue weighted by Gasteiger charge is 2.10. The Hall–Kier alpha value is -2.18. The second kappa shape index (κ2) is 7.15. The molecule has 0 aliphatic heterocycles. The number of nitrogens with one attached hydrogen (secondary N) is 2. The van der Waals surface area contributed by atoms with E-state index in [2.05, 4.69) is 36.4 Å². The van der Waals surface area contributed by atoms with E-state index in [4.69, 9.17) is 22.3 Å². The van der Waals surface area contributed by atoms with Crippen LogP contribution in [-0.4, -0.2) is 10.3 Å². The lowest BCUT2D eigenvalue weighted by Gasteiger charge is -2.13. The summed E-state index contributed by atoms with van der Waals surface area (Å²) in [4.78, 5) is 0. The van der Waals surface area contributed by atoms with E-state index in [1.54, 1.807) is 0 Å². The van der Waals surface area contributed by atoms with Gasteiger partial charge in [-0.25, -0.2) is 0 Å². The normalized spacial score (nSPS) is 11.0. The maximum Gasteiger partial charge on any atom is 0.151 e. The number of rotatable bonds is 4. The zero-order valence-electron chi connectivity index (χ0n) is 13.0. The lowest BCUT2D eigenvalue weighted by Crippen LogP contribution is -2.04. The molecule has 0 bridgehead atoms. The van der Waals surface area contributed by atoms with Crippen LogP contribution in [0, 0.1) is 10.8 Å². The quantitative estimate of drug-likeness (QED) is 0.320. The van der Waals surface area contributed by atoms with Gasteiger partial charge in [-0.1, -0.05) is 72.1 Å². The highest BCUT2D eigenvalue weighted by atomic mass is 32.2. The van der Waals surface area contributed by atoms with Crippen molar-refractivity contribution in [2.75, 3.05) is 0 Å². The molecule has 24 heavy (non-hydrogen) atoms. The lowest BCUT2D eigenvalue weighted by atomic mass is 9.95. The minimum absolute atomic E-state index is 0.125. The van der Waals surface area contributed by atoms with Crippen molar-refractivity contribution in [1.82, 2.24) is 0 Å². The first-order valence-corrected chi connectivity index (χ1v) is 9.39. The Morgan fingerprint density at radius 1 is 0.708 bits per heavy atom. The van der Waals surface area contributed by atoms with E-state index in [0.29, 0.717) is 11.5 Å². The lowest BCUT2D eigenvalue weighted by molar-refractivity contribution is 1.44. The Morgan fingerprint density at radius 2 is 1.12 bits per heavy atom. The Balaban J connectivity index is 2.22. The molecule has 0 fully saturated rings. The Kier molecular flexibility index (Phi) is 4.97. The van der Waals surface area contributed by atoms with Crippen molar-refractivity contribution in [2.45, 2.75) is 11.5 Å². The zero-order valence-corrected chi connectivity index (χ0v) is 14.6. The predicted octanol–water partition coefficient (Wildman–Crippen LogP) is 4.25. The van der Waals surface area contributed by atoms with Crippen LogP contribution in [0.2, 0.25) is 0 Å². The summed E-state index contributed by atoms with van der Waals surface area (Å²) in [6, 6.07) is 16.7. The SMILES string of the molecule is N=C(N)SCc1cccc2ccc3cccc(CSC(=N)N)c3c12. The van der Waals surface area contributed by atoms with Crippen LogP contribution in [0.3, 0.4) is 0 Å². The second-order valence-electron chi connectivity index (χ2n) is 5.40. The van der Waals surface area contributed by atoms with Crippen LogP contribution in [0.1, 0.15) is 11.1 Å². The van der Waals surface area contributed by atoms with Gasteiger partial charge in [0.1, 0.15) is 0 Å².